The van der Waals surface area contributed by atoms with Gasteiger partial charge in [-0.1, -0.05) is 12.1 Å². The normalized spacial score (nSPS) is 22.4. The second-order valence-corrected chi connectivity index (χ2v) is 10.5. The highest BCUT2D eigenvalue weighted by molar-refractivity contribution is 7.20. The Morgan fingerprint density at radius 3 is 2.56 bits per heavy atom. The molecule has 0 saturated carbocycles. The Balaban J connectivity index is 1.56. The zero-order chi connectivity index (χ0) is 24.7. The second kappa shape index (κ2) is 9.50. The van der Waals surface area contributed by atoms with E-state index in [4.69, 9.17) is 14.2 Å². The highest BCUT2D eigenvalue weighted by Gasteiger charge is 2.36. The second-order valence-electron chi connectivity index (χ2n) is 9.47. The third-order valence-electron chi connectivity index (χ3n) is 5.60. The Morgan fingerprint density at radius 2 is 1.94 bits per heavy atom. The summed E-state index contributed by atoms with van der Waals surface area (Å²) in [4.78, 5) is 14.0. The van der Waals surface area contributed by atoms with Crippen LogP contribution in [0, 0.1) is 0 Å². The molecule has 1 aromatic carbocycles. The van der Waals surface area contributed by atoms with Crippen LogP contribution in [0.5, 0.6) is 0 Å². The molecule has 2 aromatic rings. The number of carbonyl (C=O) groups is 1. The van der Waals surface area contributed by atoms with Gasteiger partial charge in [0.1, 0.15) is 11.8 Å². The van der Waals surface area contributed by atoms with Crippen molar-refractivity contribution in [3.63, 3.8) is 0 Å². The molecule has 2 atom stereocenters. The maximum Gasteiger partial charge on any atom is 0.410 e. The molecule has 11 heteroatoms. The van der Waals surface area contributed by atoms with E-state index < -0.39 is 42.8 Å². The number of ether oxygens (including phenoxy) is 3. The number of likely N-dealkylation sites (tertiary alicyclic amines) is 1. The molecule has 3 heterocycles. The van der Waals surface area contributed by atoms with Gasteiger partial charge in [-0.15, -0.1) is 11.3 Å². The monoisotopic (exact) mass is 504 g/mol. The first-order valence-corrected chi connectivity index (χ1v) is 12.0. The fraction of sp³-hybridized carbons (Fsp3) is 0.609. The number of amides is 1. The summed E-state index contributed by atoms with van der Waals surface area (Å²) in [6, 6.07) is 4.41. The van der Waals surface area contributed by atoms with Crippen molar-refractivity contribution in [3.05, 3.63) is 28.6 Å². The number of anilines is 1. The van der Waals surface area contributed by atoms with Gasteiger partial charge in [-0.2, -0.15) is 13.2 Å². The van der Waals surface area contributed by atoms with E-state index in [0.29, 0.717) is 46.8 Å². The average Bonchev–Trinajstić information content (AvgIpc) is 3.36. The molecule has 0 unspecified atom stereocenters. The van der Waals surface area contributed by atoms with E-state index in [1.165, 1.54) is 16.2 Å². The molecule has 6 nitrogen and oxygen atoms in total. The van der Waals surface area contributed by atoms with Crippen LogP contribution in [0.3, 0.4) is 0 Å². The predicted molar refractivity (Wildman–Crippen MR) is 121 cm³/mol. The molecule has 1 amide bonds. The van der Waals surface area contributed by atoms with Crippen molar-refractivity contribution in [3.8, 4) is 0 Å². The molecule has 1 aromatic heterocycles. The molecule has 0 aliphatic carbocycles. The molecular formula is C23H28F4N2O4S. The van der Waals surface area contributed by atoms with Gasteiger partial charge in [-0.25, -0.2) is 9.18 Å². The third-order valence-corrected chi connectivity index (χ3v) is 6.90. The molecule has 2 aliphatic heterocycles. The number of hydrogen-bond acceptors (Lipinski definition) is 6. The maximum atomic E-state index is 15.0. The van der Waals surface area contributed by atoms with Gasteiger partial charge in [-0.05, 0) is 44.2 Å². The average molecular weight is 505 g/mol. The Kier molecular flexibility index (Phi) is 6.99. The number of nitrogens with one attached hydrogen (secondary N) is 1. The van der Waals surface area contributed by atoms with Crippen LogP contribution in [0.15, 0.2) is 18.2 Å². The lowest BCUT2D eigenvalue weighted by molar-refractivity contribution is -0.127. The zero-order valence-corrected chi connectivity index (χ0v) is 20.0. The van der Waals surface area contributed by atoms with Gasteiger partial charge in [0.15, 0.2) is 6.29 Å². The summed E-state index contributed by atoms with van der Waals surface area (Å²) in [7, 11) is 0. The summed E-state index contributed by atoms with van der Waals surface area (Å²) in [6.45, 7) is 6.05. The number of rotatable bonds is 4. The fourth-order valence-corrected chi connectivity index (χ4v) is 5.44. The molecule has 188 valence electrons. The molecule has 0 spiro atoms. The number of hydrogen-bond donors (Lipinski definition) is 1. The minimum atomic E-state index is -4.40. The van der Waals surface area contributed by atoms with Crippen LogP contribution in [0.1, 0.15) is 43.9 Å². The van der Waals surface area contributed by atoms with Crippen LogP contribution in [0.25, 0.3) is 10.1 Å². The highest BCUT2D eigenvalue weighted by Crippen LogP contribution is 2.44. The van der Waals surface area contributed by atoms with Crippen molar-refractivity contribution in [2.45, 2.75) is 63.9 Å². The van der Waals surface area contributed by atoms with Gasteiger partial charge in [0, 0.05) is 6.54 Å². The Labute approximate surface area is 199 Å². The van der Waals surface area contributed by atoms with Crippen LogP contribution >= 0.6 is 11.3 Å². The number of alkyl halides is 4. The van der Waals surface area contributed by atoms with Gasteiger partial charge >= 0.3 is 12.3 Å². The molecule has 2 saturated heterocycles. The standard InChI is InChI=1S/C23H28F4N2O4S/c1-22(2,3)33-21(30)29-8-7-16(15(24)12-29)28-17-6-4-5-13-14(11-23(25,26)27)19(34-18(13)17)20-31-9-10-32-20/h4-6,15-16,20,28H,7-12H2,1-3H3/t15-,16+/m0/s1. The summed E-state index contributed by atoms with van der Waals surface area (Å²) in [5.74, 6) is 0. The SMILES string of the molecule is CC(C)(C)OC(=O)N1CC[C@@H](Nc2cccc3c(CC(F)(F)F)c(C4OCCO4)sc23)[C@@H](F)C1. The number of fused-ring (bicyclic) bond motifs is 1. The zero-order valence-electron chi connectivity index (χ0n) is 19.2. The minimum Gasteiger partial charge on any atom is -0.444 e. The Bertz CT molecular complexity index is 1030. The molecule has 4 rings (SSSR count). The van der Waals surface area contributed by atoms with Crippen molar-refractivity contribution < 1.29 is 36.6 Å². The van der Waals surface area contributed by atoms with Gasteiger partial charge < -0.3 is 24.4 Å². The molecule has 0 radical (unpaired) electrons. The largest absolute Gasteiger partial charge is 0.444 e. The number of thiophene rings is 1. The maximum absolute atomic E-state index is 15.0. The van der Waals surface area contributed by atoms with Gasteiger partial charge in [0.05, 0.1) is 47.5 Å². The Morgan fingerprint density at radius 1 is 1.24 bits per heavy atom. The van der Waals surface area contributed by atoms with E-state index in [-0.39, 0.29) is 12.1 Å². The fourth-order valence-electron chi connectivity index (χ4n) is 4.14. The van der Waals surface area contributed by atoms with Gasteiger partial charge in [0.25, 0.3) is 0 Å². The van der Waals surface area contributed by atoms with Crippen molar-refractivity contribution in [2.75, 3.05) is 31.6 Å². The first-order chi connectivity index (χ1) is 15.9. The van der Waals surface area contributed by atoms with Crippen LogP contribution in [0.4, 0.5) is 28.0 Å². The van der Waals surface area contributed by atoms with Crippen molar-refractivity contribution in [1.29, 1.82) is 0 Å². The quantitative estimate of drug-likeness (QED) is 0.533. The number of piperidine rings is 1. The lowest BCUT2D eigenvalue weighted by Gasteiger charge is -2.36. The summed E-state index contributed by atoms with van der Waals surface area (Å²) < 4.78 is 72.0. The summed E-state index contributed by atoms with van der Waals surface area (Å²) in [5.41, 5.74) is -0.00102. The molecule has 0 bridgehead atoms. The number of benzene rings is 1. The van der Waals surface area contributed by atoms with E-state index in [2.05, 4.69) is 5.32 Å². The smallest absolute Gasteiger partial charge is 0.410 e. The first kappa shape index (κ1) is 25.0. The van der Waals surface area contributed by atoms with E-state index in [0.717, 1.165) is 0 Å². The minimum absolute atomic E-state index is 0.124. The van der Waals surface area contributed by atoms with E-state index >= 15 is 4.39 Å². The van der Waals surface area contributed by atoms with E-state index in [1.807, 2.05) is 0 Å². The van der Waals surface area contributed by atoms with Gasteiger partial charge in [0.2, 0.25) is 0 Å². The van der Waals surface area contributed by atoms with E-state index in [9.17, 15) is 18.0 Å². The lowest BCUT2D eigenvalue weighted by atomic mass is 10.0. The van der Waals surface area contributed by atoms with Crippen LogP contribution in [0.2, 0.25) is 0 Å². The lowest BCUT2D eigenvalue weighted by Crippen LogP contribution is -2.51. The highest BCUT2D eigenvalue weighted by atomic mass is 32.1. The summed E-state index contributed by atoms with van der Waals surface area (Å²) in [5, 5.41) is 3.62. The molecular weight excluding hydrogens is 476 g/mol. The number of carbonyl (C=O) groups excluding carboxylic acids is 1. The van der Waals surface area contributed by atoms with Crippen molar-refractivity contribution in [2.24, 2.45) is 0 Å². The van der Waals surface area contributed by atoms with Crippen LogP contribution in [-0.2, 0) is 20.6 Å². The molecule has 34 heavy (non-hydrogen) atoms. The Hall–Kier alpha value is -2.11. The van der Waals surface area contributed by atoms with Gasteiger partial charge in [-0.3, -0.25) is 0 Å². The van der Waals surface area contributed by atoms with Crippen LogP contribution in [-0.4, -0.2) is 61.3 Å². The summed E-state index contributed by atoms with van der Waals surface area (Å²) >= 11 is 1.17. The number of halogens is 4. The van der Waals surface area contributed by atoms with Crippen LogP contribution < -0.4 is 5.32 Å². The molecule has 2 fully saturated rings. The number of nitrogens with zero attached hydrogens (tertiary/aromatic N) is 1. The predicted octanol–water partition coefficient (Wildman–Crippen LogP) is 5.81. The van der Waals surface area contributed by atoms with Crippen molar-refractivity contribution in [1.82, 2.24) is 4.90 Å². The topological polar surface area (TPSA) is 60.0 Å². The first-order valence-electron chi connectivity index (χ1n) is 11.1. The third kappa shape index (κ3) is 5.75. The van der Waals surface area contributed by atoms with E-state index in [1.54, 1.807) is 39.0 Å². The summed E-state index contributed by atoms with van der Waals surface area (Å²) in [6.07, 6.45) is -7.94. The molecule has 1 N–H and O–H groups in total. The molecule has 2 aliphatic rings. The van der Waals surface area contributed by atoms with Crippen molar-refractivity contribution >= 4 is 33.2 Å².